The van der Waals surface area contributed by atoms with E-state index in [1.807, 2.05) is 58.4 Å². The van der Waals surface area contributed by atoms with Crippen molar-refractivity contribution in [3.63, 3.8) is 0 Å². The van der Waals surface area contributed by atoms with Gasteiger partial charge in [-0.1, -0.05) is 46.8 Å². The second-order valence-electron chi connectivity index (χ2n) is 26.1. The maximum absolute atomic E-state index is 17.5. The van der Waals surface area contributed by atoms with Gasteiger partial charge in [0.25, 0.3) is 11.1 Å². The van der Waals surface area contributed by atoms with E-state index in [0.717, 1.165) is 25.0 Å². The monoisotopic (exact) mass is 1240 g/mol. The van der Waals surface area contributed by atoms with Crippen LogP contribution in [0, 0.1) is 54.7 Å². The minimum atomic E-state index is -1.12. The van der Waals surface area contributed by atoms with Gasteiger partial charge in [0.15, 0.2) is 11.6 Å². The summed E-state index contributed by atoms with van der Waals surface area (Å²) in [6.45, 7) is 22.9. The summed E-state index contributed by atoms with van der Waals surface area (Å²) >= 11 is 0. The summed E-state index contributed by atoms with van der Waals surface area (Å²) < 4.78 is 111. The summed E-state index contributed by atoms with van der Waals surface area (Å²) in [5.41, 5.74) is 0.325. The van der Waals surface area contributed by atoms with Crippen LogP contribution in [-0.2, 0) is 4.74 Å². The van der Waals surface area contributed by atoms with Crippen molar-refractivity contribution in [2.24, 2.45) is 5.92 Å². The summed E-state index contributed by atoms with van der Waals surface area (Å²) in [6.07, 6.45) is 4.73. The predicted octanol–water partition coefficient (Wildman–Crippen LogP) is 13.8. The number of phenols is 1. The van der Waals surface area contributed by atoms with E-state index in [1.165, 1.54) is 52.6 Å². The molecule has 2 fully saturated rings. The molecule has 474 valence electrons. The molecule has 0 spiro atoms. The molecule has 4 aliphatic rings. The molecule has 0 unspecified atom stereocenters. The molecule has 15 nitrogen and oxygen atoms in total. The first-order chi connectivity index (χ1) is 42.6. The second-order valence-corrected chi connectivity index (χ2v) is 26.1. The maximum atomic E-state index is 17.5. The number of halogens is 6. The molecule has 0 bridgehead atoms. The lowest BCUT2D eigenvalue weighted by Gasteiger charge is -2.51. The SMILES string of the molecule is COc1cccc(F)c1-c1c(F)cc2c3c(c(=O)n(-c4c(C)ccnc4C(C)C)c2c1F)N(C)C[C@H]1CN(C(=O)OC(C)(C)C)[C@H](C)CN31.Cc1ccnc(C(C)C)c1-n1c(=O)c2c(c3cc(F)c(-c4c(O)cccc4F)c(F)c31)N1C[C@@H](C)CC[C@@H]1CN2C. The maximum Gasteiger partial charge on any atom is 0.410 e. The molecule has 0 saturated carbocycles. The fraction of sp³-hybridized carbons (Fsp3) is 0.406. The zero-order chi connectivity index (χ0) is 65.0. The van der Waals surface area contributed by atoms with Crippen molar-refractivity contribution in [1.82, 2.24) is 24.0 Å². The van der Waals surface area contributed by atoms with Crippen molar-refractivity contribution in [3.05, 3.63) is 151 Å². The Bertz CT molecular complexity index is 4330. The Hall–Kier alpha value is -8.75. The number of methoxy groups -OCH3 is 1. The molecular formula is C69H75F6N9O6. The van der Waals surface area contributed by atoms with Gasteiger partial charge in [-0.05, 0) is 132 Å². The summed E-state index contributed by atoms with van der Waals surface area (Å²) in [7, 11) is 4.89. The topological polar surface area (TPSA) is 142 Å². The average molecular weight is 1240 g/mol. The van der Waals surface area contributed by atoms with Gasteiger partial charge in [-0.2, -0.15) is 0 Å². The van der Waals surface area contributed by atoms with Crippen LogP contribution < -0.4 is 35.5 Å². The minimum absolute atomic E-state index is 0.0590. The zero-order valence-corrected chi connectivity index (χ0v) is 53.1. The molecule has 4 atom stereocenters. The normalized spacial score (nSPS) is 18.2. The quantitative estimate of drug-likeness (QED) is 0.152. The summed E-state index contributed by atoms with van der Waals surface area (Å²) in [4.78, 5) is 61.3. The van der Waals surface area contributed by atoms with Gasteiger partial charge in [-0.3, -0.25) is 28.7 Å². The lowest BCUT2D eigenvalue weighted by atomic mass is 9.90. The molecule has 90 heavy (non-hydrogen) atoms. The molecule has 4 aromatic carbocycles. The van der Waals surface area contributed by atoms with E-state index in [4.69, 9.17) is 9.47 Å². The highest BCUT2D eigenvalue weighted by Gasteiger charge is 2.44. The molecule has 1 N–H and O–H groups in total. The van der Waals surface area contributed by atoms with E-state index in [0.29, 0.717) is 76.5 Å². The molecule has 0 radical (unpaired) electrons. The third-order valence-corrected chi connectivity index (χ3v) is 17.9. The number of amides is 1. The zero-order valence-electron chi connectivity index (χ0n) is 53.1. The van der Waals surface area contributed by atoms with E-state index >= 15 is 26.3 Å². The number of phenolic OH excluding ortho intramolecular Hbond substituents is 1. The molecule has 8 aromatic rings. The molecule has 0 aliphatic carbocycles. The first-order valence-corrected chi connectivity index (χ1v) is 30.4. The van der Waals surface area contributed by atoms with Gasteiger partial charge in [0.1, 0.15) is 51.7 Å². The molecule has 21 heteroatoms. The molecule has 4 aliphatic heterocycles. The fourth-order valence-electron chi connectivity index (χ4n) is 13.8. The van der Waals surface area contributed by atoms with Gasteiger partial charge < -0.3 is 39.1 Å². The number of hydrogen-bond acceptors (Lipinski definition) is 12. The smallest absolute Gasteiger partial charge is 0.410 e. The van der Waals surface area contributed by atoms with Crippen molar-refractivity contribution in [2.45, 2.75) is 125 Å². The van der Waals surface area contributed by atoms with Gasteiger partial charge in [0.05, 0.1) is 80.6 Å². The number of carbonyl (C=O) groups excluding carboxylic acids is 1. The highest BCUT2D eigenvalue weighted by Crippen LogP contribution is 2.49. The average Bonchev–Trinajstić information content (AvgIpc) is 0.714. The lowest BCUT2D eigenvalue weighted by Crippen LogP contribution is -2.64. The van der Waals surface area contributed by atoms with E-state index in [2.05, 4.69) is 21.8 Å². The van der Waals surface area contributed by atoms with Crippen LogP contribution in [0.2, 0.25) is 0 Å². The van der Waals surface area contributed by atoms with Crippen LogP contribution in [0.15, 0.2) is 82.6 Å². The third kappa shape index (κ3) is 10.5. The number of benzene rings is 4. The number of aromatic hydroxyl groups is 1. The number of hydrogen-bond donors (Lipinski definition) is 1. The van der Waals surface area contributed by atoms with Crippen molar-refractivity contribution < 1.29 is 45.7 Å². The number of piperazine rings is 1. The standard InChI is InChI=1S/C37H42F3N5O4.C32H33F3N4O2/c1-19(2)30-31(20(3)13-14-41-30)45-32-23(15-25(39)28(29(32)40)27-24(38)11-10-12-26(27)48-9)33-34(35(45)46)42(8)17-22-18-43(21(4)16-44(22)33)36(47)49-37(5,6)7;1-16(2)27-28(18(4)11-12-36-27)39-29-20(13-22(34)25(26(29)35)24-21(33)7-6-8-23(24)40)30-31(32(39)41)37(5)15-19-10-9-17(3)14-38(19)30/h10-15,19,21-22H,16-18H2,1-9H3;6-8,11-13,16-17,19,40H,9-10,14-15H2,1-5H3/t21-,22+;17-,19+/m10/s1. The van der Waals surface area contributed by atoms with Crippen LogP contribution in [0.25, 0.3) is 55.4 Å². The Morgan fingerprint density at radius 1 is 0.600 bits per heavy atom. The Morgan fingerprint density at radius 2 is 1.08 bits per heavy atom. The molecule has 4 aromatic heterocycles. The number of ether oxygens (including phenoxy) is 2. The molecule has 2 saturated heterocycles. The summed E-state index contributed by atoms with van der Waals surface area (Å²) in [5.74, 6) is -6.72. The number of carbonyl (C=O) groups is 1. The molecule has 12 rings (SSSR count). The number of aryl methyl sites for hydroxylation is 2. The van der Waals surface area contributed by atoms with Gasteiger partial charge in [-0.15, -0.1) is 0 Å². The number of piperidine rings is 1. The fourth-order valence-corrected chi connectivity index (χ4v) is 13.8. The number of anilines is 4. The van der Waals surface area contributed by atoms with E-state index in [1.54, 1.807) is 69.1 Å². The highest BCUT2D eigenvalue weighted by molar-refractivity contribution is 6.04. The van der Waals surface area contributed by atoms with Crippen molar-refractivity contribution in [1.29, 1.82) is 0 Å². The number of likely N-dealkylation sites (N-methyl/N-ethyl adjacent to an activating group) is 2. The number of pyridine rings is 4. The van der Waals surface area contributed by atoms with Gasteiger partial charge >= 0.3 is 6.09 Å². The van der Waals surface area contributed by atoms with Gasteiger partial charge in [0, 0.05) is 82.1 Å². The van der Waals surface area contributed by atoms with E-state index in [-0.39, 0.29) is 81.9 Å². The van der Waals surface area contributed by atoms with Crippen molar-refractivity contribution in [3.8, 4) is 45.1 Å². The Balaban J connectivity index is 0.000000188. The summed E-state index contributed by atoms with van der Waals surface area (Å²) in [5, 5.41) is 10.9. The van der Waals surface area contributed by atoms with Crippen LogP contribution in [0.4, 0.5) is 53.9 Å². The van der Waals surface area contributed by atoms with Crippen LogP contribution >= 0.6 is 0 Å². The van der Waals surface area contributed by atoms with Crippen LogP contribution in [0.3, 0.4) is 0 Å². The lowest BCUT2D eigenvalue weighted by molar-refractivity contribution is 0.0125. The number of nitrogens with zero attached hydrogens (tertiary/aromatic N) is 9. The second kappa shape index (κ2) is 23.6. The predicted molar refractivity (Wildman–Crippen MR) is 341 cm³/mol. The van der Waals surface area contributed by atoms with Crippen LogP contribution in [-0.4, -0.2) is 113 Å². The van der Waals surface area contributed by atoms with Gasteiger partial charge in [0.2, 0.25) is 0 Å². The van der Waals surface area contributed by atoms with Crippen molar-refractivity contribution >= 4 is 50.6 Å². The summed E-state index contributed by atoms with van der Waals surface area (Å²) in [6, 6.07) is 12.6. The highest BCUT2D eigenvalue weighted by atomic mass is 19.2. The Morgan fingerprint density at radius 3 is 1.57 bits per heavy atom. The first kappa shape index (κ1) is 62.8. The molecule has 8 heterocycles. The minimum Gasteiger partial charge on any atom is -0.507 e. The van der Waals surface area contributed by atoms with Crippen LogP contribution in [0.1, 0.15) is 110 Å². The Kier molecular flexibility index (Phi) is 16.5. The van der Waals surface area contributed by atoms with Gasteiger partial charge in [-0.25, -0.2) is 31.1 Å². The van der Waals surface area contributed by atoms with E-state index < -0.39 is 80.2 Å². The first-order valence-electron chi connectivity index (χ1n) is 30.4. The number of fused-ring (bicyclic) bond motifs is 10. The Labute approximate surface area is 518 Å². The molecular weight excluding hydrogens is 1160 g/mol. The number of rotatable bonds is 7. The van der Waals surface area contributed by atoms with Crippen LogP contribution in [0.5, 0.6) is 11.5 Å². The third-order valence-electron chi connectivity index (χ3n) is 17.9. The largest absolute Gasteiger partial charge is 0.507 e. The van der Waals surface area contributed by atoms with E-state index in [9.17, 15) is 19.5 Å². The molecule has 1 amide bonds. The van der Waals surface area contributed by atoms with Crippen molar-refractivity contribution in [2.75, 3.05) is 73.5 Å². The number of aromatic nitrogens is 4.